The fourth-order valence-electron chi connectivity index (χ4n) is 2.08. The summed E-state index contributed by atoms with van der Waals surface area (Å²) in [7, 11) is 2.02. The van der Waals surface area contributed by atoms with Gasteiger partial charge in [0, 0.05) is 25.5 Å². The lowest BCUT2D eigenvalue weighted by molar-refractivity contribution is 0.502. The molecule has 96 valence electrons. The third-order valence-electron chi connectivity index (χ3n) is 3.32. The van der Waals surface area contributed by atoms with Gasteiger partial charge < -0.3 is 9.88 Å². The van der Waals surface area contributed by atoms with Crippen molar-refractivity contribution >= 4 is 0 Å². The minimum Gasteiger partial charge on any atom is -0.337 e. The van der Waals surface area contributed by atoms with Gasteiger partial charge in [0.1, 0.15) is 5.82 Å². The van der Waals surface area contributed by atoms with E-state index in [2.05, 4.69) is 53.0 Å². The van der Waals surface area contributed by atoms with E-state index in [1.165, 1.54) is 11.1 Å². The Morgan fingerprint density at radius 3 is 2.56 bits per heavy atom. The quantitative estimate of drug-likeness (QED) is 0.875. The van der Waals surface area contributed by atoms with E-state index in [-0.39, 0.29) is 0 Å². The Labute approximate surface area is 109 Å². The van der Waals surface area contributed by atoms with Crippen LogP contribution in [0.4, 0.5) is 0 Å². The molecule has 0 aliphatic heterocycles. The molecular weight excluding hydrogens is 222 g/mol. The highest BCUT2D eigenvalue weighted by molar-refractivity contribution is 5.24. The summed E-state index contributed by atoms with van der Waals surface area (Å²) < 4.78 is 2.05. The third kappa shape index (κ3) is 2.99. The van der Waals surface area contributed by atoms with Gasteiger partial charge in [0.25, 0.3) is 0 Å². The van der Waals surface area contributed by atoms with Gasteiger partial charge in [0.15, 0.2) is 0 Å². The van der Waals surface area contributed by atoms with Crippen LogP contribution in [0, 0.1) is 6.92 Å². The SMILES string of the molecule is CCC(NCc1nccn1C)c1ccc(C)cc1. The maximum absolute atomic E-state index is 4.33. The fraction of sp³-hybridized carbons (Fsp3) is 0.400. The highest BCUT2D eigenvalue weighted by Crippen LogP contribution is 2.17. The molecule has 1 unspecified atom stereocenters. The normalized spacial score (nSPS) is 12.6. The Bertz CT molecular complexity index is 485. The number of benzene rings is 1. The predicted octanol–water partition coefficient (Wildman–Crippen LogP) is 2.97. The van der Waals surface area contributed by atoms with Crippen molar-refractivity contribution in [3.8, 4) is 0 Å². The van der Waals surface area contributed by atoms with Crippen LogP contribution in [0.25, 0.3) is 0 Å². The van der Waals surface area contributed by atoms with Gasteiger partial charge >= 0.3 is 0 Å². The number of nitrogens with one attached hydrogen (secondary N) is 1. The van der Waals surface area contributed by atoms with Crippen molar-refractivity contribution in [3.05, 3.63) is 53.6 Å². The monoisotopic (exact) mass is 243 g/mol. The van der Waals surface area contributed by atoms with Crippen molar-refractivity contribution in [1.82, 2.24) is 14.9 Å². The van der Waals surface area contributed by atoms with Crippen LogP contribution in [0.15, 0.2) is 36.7 Å². The smallest absolute Gasteiger partial charge is 0.122 e. The molecule has 0 aliphatic carbocycles. The first kappa shape index (κ1) is 12.8. The van der Waals surface area contributed by atoms with Gasteiger partial charge in [0.2, 0.25) is 0 Å². The summed E-state index contributed by atoms with van der Waals surface area (Å²) >= 11 is 0. The molecule has 0 amide bonds. The number of rotatable bonds is 5. The van der Waals surface area contributed by atoms with E-state index in [1.54, 1.807) is 0 Å². The largest absolute Gasteiger partial charge is 0.337 e. The Kier molecular flexibility index (Phi) is 4.15. The van der Waals surface area contributed by atoms with E-state index in [1.807, 2.05) is 19.4 Å². The molecule has 1 atom stereocenters. The molecular formula is C15H21N3. The molecule has 2 rings (SSSR count). The summed E-state index contributed by atoms with van der Waals surface area (Å²) in [6.45, 7) is 5.12. The number of hydrogen-bond donors (Lipinski definition) is 1. The van der Waals surface area contributed by atoms with Crippen molar-refractivity contribution in [1.29, 1.82) is 0 Å². The minimum atomic E-state index is 0.391. The summed E-state index contributed by atoms with van der Waals surface area (Å²) in [4.78, 5) is 4.33. The molecule has 0 bridgehead atoms. The van der Waals surface area contributed by atoms with Crippen molar-refractivity contribution in [3.63, 3.8) is 0 Å². The summed E-state index contributed by atoms with van der Waals surface area (Å²) in [6, 6.07) is 9.13. The second-order valence-electron chi connectivity index (χ2n) is 4.71. The zero-order valence-electron chi connectivity index (χ0n) is 11.4. The van der Waals surface area contributed by atoms with Gasteiger partial charge in [-0.05, 0) is 18.9 Å². The number of aryl methyl sites for hydroxylation is 2. The second-order valence-corrected chi connectivity index (χ2v) is 4.71. The van der Waals surface area contributed by atoms with E-state index < -0.39 is 0 Å². The van der Waals surface area contributed by atoms with E-state index in [9.17, 15) is 0 Å². The zero-order valence-corrected chi connectivity index (χ0v) is 11.4. The Balaban J connectivity index is 2.01. The van der Waals surface area contributed by atoms with Gasteiger partial charge in [-0.15, -0.1) is 0 Å². The molecule has 18 heavy (non-hydrogen) atoms. The van der Waals surface area contributed by atoms with Gasteiger partial charge in [0.05, 0.1) is 6.54 Å². The van der Waals surface area contributed by atoms with E-state index >= 15 is 0 Å². The van der Waals surface area contributed by atoms with Crippen LogP contribution in [0.2, 0.25) is 0 Å². The molecule has 0 radical (unpaired) electrons. The lowest BCUT2D eigenvalue weighted by Crippen LogP contribution is -2.22. The van der Waals surface area contributed by atoms with Crippen molar-refractivity contribution in [2.45, 2.75) is 32.9 Å². The van der Waals surface area contributed by atoms with Crippen LogP contribution >= 0.6 is 0 Å². The first-order valence-corrected chi connectivity index (χ1v) is 6.47. The molecule has 1 aromatic carbocycles. The van der Waals surface area contributed by atoms with Crippen molar-refractivity contribution in [2.75, 3.05) is 0 Å². The lowest BCUT2D eigenvalue weighted by Gasteiger charge is -2.17. The first-order chi connectivity index (χ1) is 8.70. The molecule has 1 N–H and O–H groups in total. The summed E-state index contributed by atoms with van der Waals surface area (Å²) in [5, 5.41) is 3.57. The molecule has 0 fully saturated rings. The van der Waals surface area contributed by atoms with Gasteiger partial charge in [-0.1, -0.05) is 36.8 Å². The minimum absolute atomic E-state index is 0.391. The van der Waals surface area contributed by atoms with Crippen molar-refractivity contribution in [2.24, 2.45) is 7.05 Å². The molecule has 0 spiro atoms. The highest BCUT2D eigenvalue weighted by Gasteiger charge is 2.09. The molecule has 1 aromatic heterocycles. The molecule has 1 heterocycles. The summed E-state index contributed by atoms with van der Waals surface area (Å²) in [5.41, 5.74) is 2.65. The van der Waals surface area contributed by atoms with Crippen LogP contribution in [-0.4, -0.2) is 9.55 Å². The van der Waals surface area contributed by atoms with Crippen LogP contribution in [0.1, 0.15) is 36.3 Å². The summed E-state index contributed by atoms with van der Waals surface area (Å²) in [5.74, 6) is 1.07. The van der Waals surface area contributed by atoms with Crippen LogP contribution in [-0.2, 0) is 13.6 Å². The molecule has 2 aromatic rings. The maximum atomic E-state index is 4.33. The number of nitrogens with zero attached hydrogens (tertiary/aromatic N) is 2. The predicted molar refractivity (Wildman–Crippen MR) is 74.3 cm³/mol. The molecule has 0 saturated carbocycles. The average Bonchev–Trinajstić information content (AvgIpc) is 2.78. The number of aromatic nitrogens is 2. The van der Waals surface area contributed by atoms with Crippen LogP contribution in [0.5, 0.6) is 0 Å². The molecule has 3 heteroatoms. The Morgan fingerprint density at radius 1 is 1.28 bits per heavy atom. The van der Waals surface area contributed by atoms with Crippen LogP contribution < -0.4 is 5.32 Å². The van der Waals surface area contributed by atoms with Gasteiger partial charge in [-0.2, -0.15) is 0 Å². The molecule has 0 saturated heterocycles. The zero-order chi connectivity index (χ0) is 13.0. The van der Waals surface area contributed by atoms with E-state index in [0.29, 0.717) is 6.04 Å². The highest BCUT2D eigenvalue weighted by atomic mass is 15.1. The molecule has 0 aliphatic rings. The van der Waals surface area contributed by atoms with Crippen molar-refractivity contribution < 1.29 is 0 Å². The fourth-order valence-corrected chi connectivity index (χ4v) is 2.08. The van der Waals surface area contributed by atoms with Gasteiger partial charge in [-0.25, -0.2) is 4.98 Å². The summed E-state index contributed by atoms with van der Waals surface area (Å²) in [6.07, 6.45) is 4.89. The maximum Gasteiger partial charge on any atom is 0.122 e. The Morgan fingerprint density at radius 2 is 2.00 bits per heavy atom. The van der Waals surface area contributed by atoms with E-state index in [4.69, 9.17) is 0 Å². The second kappa shape index (κ2) is 5.83. The third-order valence-corrected chi connectivity index (χ3v) is 3.32. The number of hydrogen-bond acceptors (Lipinski definition) is 2. The lowest BCUT2D eigenvalue weighted by atomic mass is 10.0. The van der Waals surface area contributed by atoms with Gasteiger partial charge in [-0.3, -0.25) is 0 Å². The standard InChI is InChI=1S/C15H21N3/c1-4-14(13-7-5-12(2)6-8-13)17-11-15-16-9-10-18(15)3/h5-10,14,17H,4,11H2,1-3H3. The topological polar surface area (TPSA) is 29.9 Å². The van der Waals surface area contributed by atoms with E-state index in [0.717, 1.165) is 18.8 Å². The molecule has 3 nitrogen and oxygen atoms in total. The average molecular weight is 243 g/mol. The first-order valence-electron chi connectivity index (χ1n) is 6.47. The van der Waals surface area contributed by atoms with Crippen LogP contribution in [0.3, 0.4) is 0 Å². The Hall–Kier alpha value is -1.61. The number of imidazole rings is 1.